The van der Waals surface area contributed by atoms with E-state index in [4.69, 9.17) is 5.73 Å². The van der Waals surface area contributed by atoms with E-state index in [1.807, 2.05) is 23.8 Å². The zero-order chi connectivity index (χ0) is 14.5. The molecular formula is C15H26N4O. The van der Waals surface area contributed by atoms with Crippen LogP contribution in [0.3, 0.4) is 0 Å². The predicted octanol–water partition coefficient (Wildman–Crippen LogP) is 2.71. The number of aromatic nitrogens is 2. The number of anilines is 1. The summed E-state index contributed by atoms with van der Waals surface area (Å²) in [6, 6.07) is -0.114. The average molecular weight is 278 g/mol. The van der Waals surface area contributed by atoms with Crippen LogP contribution in [0.4, 0.5) is 5.82 Å². The Morgan fingerprint density at radius 2 is 2.25 bits per heavy atom. The topological polar surface area (TPSA) is 76.1 Å². The molecule has 1 aliphatic heterocycles. The van der Waals surface area contributed by atoms with Gasteiger partial charge in [-0.2, -0.15) is 0 Å². The van der Waals surface area contributed by atoms with Crippen molar-refractivity contribution in [1.29, 1.82) is 0 Å². The highest BCUT2D eigenvalue weighted by Gasteiger charge is 2.24. The number of imidazole rings is 1. The number of rotatable bonds is 7. The Bertz CT molecular complexity index is 453. The molecule has 1 aromatic rings. The molecule has 0 saturated carbocycles. The van der Waals surface area contributed by atoms with Gasteiger partial charge in [-0.1, -0.05) is 32.6 Å². The summed E-state index contributed by atoms with van der Waals surface area (Å²) in [7, 11) is 0. The fraction of sp³-hybridized carbons (Fsp3) is 0.667. The molecule has 20 heavy (non-hydrogen) atoms. The summed E-state index contributed by atoms with van der Waals surface area (Å²) < 4.78 is 2.04. The van der Waals surface area contributed by atoms with Gasteiger partial charge in [0.05, 0.1) is 24.5 Å². The summed E-state index contributed by atoms with van der Waals surface area (Å²) in [6.07, 6.45) is 10.9. The number of aliphatic hydroxyl groups excluding tert-OH is 1. The van der Waals surface area contributed by atoms with Crippen LogP contribution >= 0.6 is 0 Å². The number of nitrogens with one attached hydrogen (secondary N) is 1. The van der Waals surface area contributed by atoms with Gasteiger partial charge < -0.3 is 20.7 Å². The standard InChI is InChI=1S/C15H26N4O/c1-3-4-5-6-7-13(11(2)20)19-10-18-14-12(16)8-9-17-15(14)19/h8-13,17,20H,3-7,16H2,1-2H3. The minimum absolute atomic E-state index is 0.0503. The number of hydrogen-bond acceptors (Lipinski definition) is 4. The summed E-state index contributed by atoms with van der Waals surface area (Å²) in [4.78, 5) is 4.40. The first kappa shape index (κ1) is 15.1. The van der Waals surface area contributed by atoms with E-state index in [0.717, 1.165) is 24.4 Å². The molecule has 0 fully saturated rings. The fourth-order valence-electron chi connectivity index (χ4n) is 2.73. The lowest BCUT2D eigenvalue weighted by Crippen LogP contribution is -2.23. The number of nitrogens with two attached hydrogens (primary N) is 1. The fourth-order valence-corrected chi connectivity index (χ4v) is 2.73. The van der Waals surface area contributed by atoms with Crippen molar-refractivity contribution in [1.82, 2.24) is 9.55 Å². The van der Waals surface area contributed by atoms with Gasteiger partial charge >= 0.3 is 0 Å². The Balaban J connectivity index is 2.10. The molecule has 1 aliphatic rings. The summed E-state index contributed by atoms with van der Waals surface area (Å²) in [5.74, 6) is 0.918. The zero-order valence-electron chi connectivity index (χ0n) is 12.4. The van der Waals surface area contributed by atoms with Gasteiger partial charge in [0.1, 0.15) is 11.5 Å². The molecule has 4 N–H and O–H groups in total. The van der Waals surface area contributed by atoms with Crippen molar-refractivity contribution in [2.45, 2.75) is 64.1 Å². The van der Waals surface area contributed by atoms with Crippen LogP contribution in [-0.4, -0.2) is 20.8 Å². The SMILES string of the molecule is CCCCCCC(C(C)O)n1cnc2c1NC=CC2N. The molecule has 0 aromatic carbocycles. The number of unbranched alkanes of at least 4 members (excludes halogenated alkanes) is 3. The van der Waals surface area contributed by atoms with E-state index in [0.29, 0.717) is 0 Å². The van der Waals surface area contributed by atoms with Crippen LogP contribution in [0.1, 0.15) is 63.7 Å². The van der Waals surface area contributed by atoms with Gasteiger partial charge in [0, 0.05) is 6.20 Å². The van der Waals surface area contributed by atoms with E-state index in [9.17, 15) is 5.11 Å². The molecule has 5 heteroatoms. The van der Waals surface area contributed by atoms with E-state index >= 15 is 0 Å². The highest BCUT2D eigenvalue weighted by molar-refractivity contribution is 5.50. The van der Waals surface area contributed by atoms with Crippen molar-refractivity contribution >= 4 is 5.82 Å². The molecule has 2 rings (SSSR count). The van der Waals surface area contributed by atoms with Gasteiger partial charge in [-0.05, 0) is 19.4 Å². The minimum atomic E-state index is -0.404. The van der Waals surface area contributed by atoms with Crippen LogP contribution < -0.4 is 11.1 Å². The maximum atomic E-state index is 10.1. The first-order valence-corrected chi connectivity index (χ1v) is 7.58. The van der Waals surface area contributed by atoms with Crippen molar-refractivity contribution in [3.63, 3.8) is 0 Å². The molecule has 0 bridgehead atoms. The summed E-state index contributed by atoms with van der Waals surface area (Å²) in [5.41, 5.74) is 6.86. The summed E-state index contributed by atoms with van der Waals surface area (Å²) in [5, 5.41) is 13.3. The normalized spacial score (nSPS) is 20.3. The van der Waals surface area contributed by atoms with Crippen molar-refractivity contribution in [3.05, 3.63) is 24.3 Å². The van der Waals surface area contributed by atoms with E-state index in [-0.39, 0.29) is 12.1 Å². The lowest BCUT2D eigenvalue weighted by molar-refractivity contribution is 0.123. The first-order chi connectivity index (χ1) is 9.65. The molecule has 0 amide bonds. The Hall–Kier alpha value is -1.33. The highest BCUT2D eigenvalue weighted by atomic mass is 16.3. The van der Waals surface area contributed by atoms with E-state index in [1.54, 1.807) is 6.33 Å². The van der Waals surface area contributed by atoms with Gasteiger partial charge in [-0.25, -0.2) is 4.98 Å². The second-order valence-corrected chi connectivity index (χ2v) is 5.57. The number of nitrogens with zero attached hydrogens (tertiary/aromatic N) is 2. The average Bonchev–Trinajstić information content (AvgIpc) is 2.84. The Morgan fingerprint density at radius 1 is 1.45 bits per heavy atom. The van der Waals surface area contributed by atoms with Crippen molar-refractivity contribution in [3.8, 4) is 0 Å². The van der Waals surface area contributed by atoms with Crippen LogP contribution in [-0.2, 0) is 0 Å². The number of hydrogen-bond donors (Lipinski definition) is 3. The molecule has 3 atom stereocenters. The lowest BCUT2D eigenvalue weighted by Gasteiger charge is -2.25. The lowest BCUT2D eigenvalue weighted by atomic mass is 10.0. The molecule has 0 aliphatic carbocycles. The van der Waals surface area contributed by atoms with Crippen LogP contribution in [0.15, 0.2) is 18.6 Å². The third kappa shape index (κ3) is 3.22. The second kappa shape index (κ2) is 6.90. The summed E-state index contributed by atoms with van der Waals surface area (Å²) >= 11 is 0. The van der Waals surface area contributed by atoms with E-state index < -0.39 is 6.10 Å². The van der Waals surface area contributed by atoms with E-state index in [1.165, 1.54) is 19.3 Å². The van der Waals surface area contributed by atoms with E-state index in [2.05, 4.69) is 17.2 Å². The molecule has 0 radical (unpaired) electrons. The van der Waals surface area contributed by atoms with Gasteiger partial charge in [0.15, 0.2) is 0 Å². The van der Waals surface area contributed by atoms with Crippen LogP contribution in [0.5, 0.6) is 0 Å². The molecule has 3 unspecified atom stereocenters. The molecule has 112 valence electrons. The number of aliphatic hydroxyl groups is 1. The maximum Gasteiger partial charge on any atom is 0.135 e. The first-order valence-electron chi connectivity index (χ1n) is 7.58. The largest absolute Gasteiger partial charge is 0.391 e. The van der Waals surface area contributed by atoms with Crippen molar-refractivity contribution in [2.75, 3.05) is 5.32 Å². The third-order valence-corrected chi connectivity index (χ3v) is 3.93. The molecular weight excluding hydrogens is 252 g/mol. The molecule has 5 nitrogen and oxygen atoms in total. The van der Waals surface area contributed by atoms with Gasteiger partial charge in [0.2, 0.25) is 0 Å². The minimum Gasteiger partial charge on any atom is -0.391 e. The number of fused-ring (bicyclic) bond motifs is 1. The van der Waals surface area contributed by atoms with Crippen LogP contribution in [0.2, 0.25) is 0 Å². The quantitative estimate of drug-likeness (QED) is 0.670. The highest BCUT2D eigenvalue weighted by Crippen LogP contribution is 2.31. The van der Waals surface area contributed by atoms with Gasteiger partial charge in [-0.3, -0.25) is 0 Å². The molecule has 1 aromatic heterocycles. The van der Waals surface area contributed by atoms with Crippen molar-refractivity contribution < 1.29 is 5.11 Å². The summed E-state index contributed by atoms with van der Waals surface area (Å²) in [6.45, 7) is 4.05. The van der Waals surface area contributed by atoms with Crippen LogP contribution in [0, 0.1) is 0 Å². The Morgan fingerprint density at radius 3 is 2.95 bits per heavy atom. The molecule has 0 spiro atoms. The maximum absolute atomic E-state index is 10.1. The Kier molecular flexibility index (Phi) is 5.20. The van der Waals surface area contributed by atoms with Crippen LogP contribution in [0.25, 0.3) is 0 Å². The van der Waals surface area contributed by atoms with Gasteiger partial charge in [-0.15, -0.1) is 0 Å². The zero-order valence-corrected chi connectivity index (χ0v) is 12.4. The van der Waals surface area contributed by atoms with Crippen molar-refractivity contribution in [2.24, 2.45) is 5.73 Å². The predicted molar refractivity (Wildman–Crippen MR) is 81.4 cm³/mol. The smallest absolute Gasteiger partial charge is 0.135 e. The Labute approximate surface area is 120 Å². The monoisotopic (exact) mass is 278 g/mol. The van der Waals surface area contributed by atoms with Gasteiger partial charge in [0.25, 0.3) is 0 Å². The molecule has 0 saturated heterocycles. The second-order valence-electron chi connectivity index (χ2n) is 5.57. The third-order valence-electron chi connectivity index (χ3n) is 3.93. The molecule has 2 heterocycles.